The first-order valence-electron chi connectivity index (χ1n) is 12.6. The van der Waals surface area contributed by atoms with Gasteiger partial charge in [0.05, 0.1) is 19.0 Å². The molecule has 3 aliphatic heterocycles. The molecule has 2 amide bonds. The number of ether oxygens (including phenoxy) is 2. The fraction of sp³-hybridized carbons (Fsp3) is 0.462. The molecule has 2 atom stereocenters. The standard InChI is InChI=1S/C26H28F2N4O6/c27-26(28)37-20-8-5-17(12-21(20)38-26)19(13-23(34)35)31-22(33)14-32-11-9-16(25(32)36)4-7-18-6-3-15-2-1-10-29-24(15)30-18/h3,5-6,8,12,16,19H,1-2,4,7,9-11,13-14H2,(H,29,30)(H,31,33)(H,34,35)/t16-,19-/m0/s1. The van der Waals surface area contributed by atoms with Crippen molar-refractivity contribution in [1.82, 2.24) is 15.2 Å². The van der Waals surface area contributed by atoms with E-state index < -0.39 is 30.6 Å². The molecule has 1 aromatic heterocycles. The summed E-state index contributed by atoms with van der Waals surface area (Å²) in [7, 11) is 0. The van der Waals surface area contributed by atoms with Crippen LogP contribution in [0.2, 0.25) is 0 Å². The number of nitrogens with one attached hydrogen (secondary N) is 2. The first-order valence-corrected chi connectivity index (χ1v) is 12.6. The SMILES string of the molecule is O=C(O)C[C@H](NC(=O)CN1CC[C@H](CCc2ccc3c(n2)NCCC3)C1=O)c1ccc2c(c1)OC(F)(F)O2. The van der Waals surface area contributed by atoms with Crippen LogP contribution >= 0.6 is 0 Å². The van der Waals surface area contributed by atoms with Gasteiger partial charge in [-0.2, -0.15) is 0 Å². The normalized spacial score (nSPS) is 20.0. The van der Waals surface area contributed by atoms with E-state index in [1.165, 1.54) is 28.7 Å². The Morgan fingerprint density at radius 2 is 2.05 bits per heavy atom. The summed E-state index contributed by atoms with van der Waals surface area (Å²) in [5.41, 5.74) is 2.38. The third-order valence-corrected chi connectivity index (χ3v) is 6.99. The Morgan fingerprint density at radius 1 is 1.24 bits per heavy atom. The largest absolute Gasteiger partial charge is 0.586 e. The molecule has 0 radical (unpaired) electrons. The number of amides is 2. The average molecular weight is 531 g/mol. The second kappa shape index (κ2) is 10.4. The van der Waals surface area contributed by atoms with E-state index in [4.69, 9.17) is 0 Å². The molecule has 5 rings (SSSR count). The number of anilines is 1. The number of fused-ring (bicyclic) bond motifs is 2. The highest BCUT2D eigenvalue weighted by atomic mass is 19.3. The van der Waals surface area contributed by atoms with E-state index in [1.54, 1.807) is 0 Å². The number of carboxylic acid groups (broad SMARTS) is 1. The van der Waals surface area contributed by atoms with E-state index in [0.717, 1.165) is 30.9 Å². The number of halogens is 2. The maximum atomic E-state index is 13.4. The van der Waals surface area contributed by atoms with Crippen LogP contribution in [0.3, 0.4) is 0 Å². The summed E-state index contributed by atoms with van der Waals surface area (Å²) >= 11 is 0. The van der Waals surface area contributed by atoms with Crippen LogP contribution in [0.25, 0.3) is 0 Å². The van der Waals surface area contributed by atoms with Crippen LogP contribution in [0.5, 0.6) is 11.5 Å². The van der Waals surface area contributed by atoms with Crippen LogP contribution in [0, 0.1) is 5.92 Å². The number of alkyl halides is 2. The predicted octanol–water partition coefficient (Wildman–Crippen LogP) is 2.87. The lowest BCUT2D eigenvalue weighted by atomic mass is 9.99. The van der Waals surface area contributed by atoms with Gasteiger partial charge in [0, 0.05) is 24.7 Å². The van der Waals surface area contributed by atoms with E-state index in [0.29, 0.717) is 25.8 Å². The number of rotatable bonds is 9. The Bertz CT molecular complexity index is 1260. The number of carbonyl (C=O) groups is 3. The summed E-state index contributed by atoms with van der Waals surface area (Å²) in [5.74, 6) is -1.61. The van der Waals surface area contributed by atoms with Crippen molar-refractivity contribution in [3.05, 3.63) is 47.2 Å². The summed E-state index contributed by atoms with van der Waals surface area (Å²) in [4.78, 5) is 43.3. The number of benzene rings is 1. The van der Waals surface area contributed by atoms with E-state index in [1.807, 2.05) is 6.07 Å². The second-order valence-electron chi connectivity index (χ2n) is 9.72. The Kier molecular flexibility index (Phi) is 7.04. The van der Waals surface area contributed by atoms with Crippen molar-refractivity contribution < 1.29 is 37.7 Å². The minimum Gasteiger partial charge on any atom is -0.481 e. The molecule has 202 valence electrons. The topological polar surface area (TPSA) is 130 Å². The molecule has 4 heterocycles. The first kappa shape index (κ1) is 25.7. The Balaban J connectivity index is 1.16. The molecule has 1 saturated heterocycles. The number of hydrogen-bond acceptors (Lipinski definition) is 7. The summed E-state index contributed by atoms with van der Waals surface area (Å²) in [6.07, 6.45) is -0.328. The number of likely N-dealkylation sites (tertiary alicyclic amines) is 1. The van der Waals surface area contributed by atoms with Crippen LogP contribution in [0.15, 0.2) is 30.3 Å². The number of hydrogen-bond donors (Lipinski definition) is 3. The number of aryl methyl sites for hydroxylation is 2. The molecule has 1 fully saturated rings. The summed E-state index contributed by atoms with van der Waals surface area (Å²) in [5, 5.41) is 15.2. The molecule has 3 aliphatic rings. The third kappa shape index (κ3) is 5.79. The van der Waals surface area contributed by atoms with Gasteiger partial charge in [-0.15, -0.1) is 8.78 Å². The first-order chi connectivity index (χ1) is 18.2. The zero-order valence-electron chi connectivity index (χ0n) is 20.5. The highest BCUT2D eigenvalue weighted by molar-refractivity contribution is 5.87. The number of carboxylic acids is 1. The van der Waals surface area contributed by atoms with Gasteiger partial charge >= 0.3 is 12.3 Å². The fourth-order valence-electron chi connectivity index (χ4n) is 5.08. The minimum absolute atomic E-state index is 0.128. The number of carbonyl (C=O) groups excluding carboxylic acids is 2. The summed E-state index contributed by atoms with van der Waals surface area (Å²) in [6, 6.07) is 6.89. The van der Waals surface area contributed by atoms with Crippen LogP contribution < -0.4 is 20.1 Å². The Labute approximate surface area is 217 Å². The molecule has 0 bridgehead atoms. The quantitative estimate of drug-likeness (QED) is 0.451. The zero-order valence-corrected chi connectivity index (χ0v) is 20.5. The van der Waals surface area contributed by atoms with Gasteiger partial charge in [-0.25, -0.2) is 4.98 Å². The molecule has 0 unspecified atom stereocenters. The number of pyridine rings is 1. The second-order valence-corrected chi connectivity index (χ2v) is 9.72. The summed E-state index contributed by atoms with van der Waals surface area (Å²) in [6.45, 7) is 1.09. The van der Waals surface area contributed by atoms with Crippen molar-refractivity contribution in [2.24, 2.45) is 5.92 Å². The minimum atomic E-state index is -3.81. The van der Waals surface area contributed by atoms with Gasteiger partial charge in [0.2, 0.25) is 11.8 Å². The zero-order chi connectivity index (χ0) is 26.9. The molecular weight excluding hydrogens is 502 g/mol. The average Bonchev–Trinajstić information content (AvgIpc) is 3.38. The molecule has 12 heteroatoms. The van der Waals surface area contributed by atoms with Crippen molar-refractivity contribution in [3.8, 4) is 11.5 Å². The Morgan fingerprint density at radius 3 is 2.87 bits per heavy atom. The van der Waals surface area contributed by atoms with E-state index in [-0.39, 0.29) is 35.4 Å². The smallest absolute Gasteiger partial charge is 0.481 e. The number of nitrogens with zero attached hydrogens (tertiary/aromatic N) is 2. The number of aromatic nitrogens is 1. The lowest BCUT2D eigenvalue weighted by Crippen LogP contribution is -2.40. The molecule has 38 heavy (non-hydrogen) atoms. The molecule has 3 N–H and O–H groups in total. The van der Waals surface area contributed by atoms with Crippen molar-refractivity contribution in [2.75, 3.05) is 25.0 Å². The molecule has 0 aliphatic carbocycles. The number of aliphatic carboxylic acids is 1. The van der Waals surface area contributed by atoms with Crippen molar-refractivity contribution in [2.45, 2.75) is 50.9 Å². The maximum Gasteiger partial charge on any atom is 0.586 e. The molecule has 0 saturated carbocycles. The van der Waals surface area contributed by atoms with Gasteiger partial charge in [0.1, 0.15) is 5.82 Å². The fourth-order valence-corrected chi connectivity index (χ4v) is 5.08. The van der Waals surface area contributed by atoms with Gasteiger partial charge in [0.25, 0.3) is 0 Å². The van der Waals surface area contributed by atoms with Gasteiger partial charge in [-0.3, -0.25) is 14.4 Å². The summed E-state index contributed by atoms with van der Waals surface area (Å²) < 4.78 is 35.5. The molecule has 2 aromatic rings. The van der Waals surface area contributed by atoms with Crippen molar-refractivity contribution in [3.63, 3.8) is 0 Å². The molecular formula is C26H28F2N4O6. The van der Waals surface area contributed by atoms with Gasteiger partial charge in [-0.1, -0.05) is 12.1 Å². The van der Waals surface area contributed by atoms with E-state index in [9.17, 15) is 28.3 Å². The molecule has 10 nitrogen and oxygen atoms in total. The highest BCUT2D eigenvalue weighted by Crippen LogP contribution is 2.42. The van der Waals surface area contributed by atoms with Crippen molar-refractivity contribution >= 4 is 23.6 Å². The monoisotopic (exact) mass is 530 g/mol. The van der Waals surface area contributed by atoms with Gasteiger partial charge < -0.3 is 30.1 Å². The van der Waals surface area contributed by atoms with Crippen LogP contribution in [0.4, 0.5) is 14.6 Å². The Hall–Kier alpha value is -3.96. The van der Waals surface area contributed by atoms with Crippen LogP contribution in [-0.4, -0.2) is 58.7 Å². The molecule has 0 spiro atoms. The van der Waals surface area contributed by atoms with Crippen LogP contribution in [0.1, 0.15) is 48.5 Å². The highest BCUT2D eigenvalue weighted by Gasteiger charge is 2.43. The maximum absolute atomic E-state index is 13.4. The molecule has 1 aromatic carbocycles. The van der Waals surface area contributed by atoms with Crippen molar-refractivity contribution in [1.29, 1.82) is 0 Å². The van der Waals surface area contributed by atoms with E-state index in [2.05, 4.69) is 31.2 Å². The predicted molar refractivity (Wildman–Crippen MR) is 130 cm³/mol. The third-order valence-electron chi connectivity index (χ3n) is 6.99. The lowest BCUT2D eigenvalue weighted by Gasteiger charge is -2.21. The van der Waals surface area contributed by atoms with Gasteiger partial charge in [-0.05, 0) is 61.4 Å². The lowest BCUT2D eigenvalue weighted by molar-refractivity contribution is -0.286. The van der Waals surface area contributed by atoms with Crippen LogP contribution in [-0.2, 0) is 27.2 Å². The van der Waals surface area contributed by atoms with Gasteiger partial charge in [0.15, 0.2) is 11.5 Å². The van der Waals surface area contributed by atoms with E-state index >= 15 is 0 Å².